The number of esters is 2. The predicted octanol–water partition coefficient (Wildman–Crippen LogP) is 2.38. The first kappa shape index (κ1) is 17.8. The molecular weight excluding hydrogens is 367 g/mol. The third kappa shape index (κ3) is 3.15. The van der Waals surface area contributed by atoms with Crippen LogP contribution in [0.2, 0.25) is 0 Å². The highest BCUT2D eigenvalue weighted by Gasteiger charge is 2.64. The lowest BCUT2D eigenvalue weighted by molar-refractivity contribution is -0.157. The first-order valence-electron chi connectivity index (χ1n) is 8.58. The van der Waals surface area contributed by atoms with Gasteiger partial charge in [-0.2, -0.15) is 13.2 Å². The number of hydrogen-bond donors (Lipinski definition) is 1. The van der Waals surface area contributed by atoms with Gasteiger partial charge in [0, 0.05) is 11.6 Å². The molecule has 6 nitrogen and oxygen atoms in total. The van der Waals surface area contributed by atoms with Crippen LogP contribution in [0.5, 0.6) is 0 Å². The maximum Gasteiger partial charge on any atom is 0.416 e. The average molecular weight is 383 g/mol. The second kappa shape index (κ2) is 6.24. The Morgan fingerprint density at radius 3 is 2.78 bits per heavy atom. The Morgan fingerprint density at radius 2 is 2.04 bits per heavy atom. The average Bonchev–Trinajstić information content (AvgIpc) is 3.21. The molecule has 27 heavy (non-hydrogen) atoms. The maximum atomic E-state index is 12.7. The van der Waals surface area contributed by atoms with Crippen molar-refractivity contribution in [3.05, 3.63) is 29.8 Å². The minimum atomic E-state index is -4.53. The number of nitrogens with one attached hydrogen (secondary N) is 1. The summed E-state index contributed by atoms with van der Waals surface area (Å²) in [6.45, 7) is -0.631. The molecule has 2 saturated carbocycles. The number of carbonyl (C=O) groups is 3. The molecule has 9 heteroatoms. The highest BCUT2D eigenvalue weighted by molar-refractivity contribution is 5.93. The van der Waals surface area contributed by atoms with E-state index in [0.29, 0.717) is 6.42 Å². The lowest BCUT2D eigenvalue weighted by Gasteiger charge is -2.22. The van der Waals surface area contributed by atoms with Crippen molar-refractivity contribution in [2.75, 3.05) is 11.9 Å². The van der Waals surface area contributed by atoms with E-state index in [1.807, 2.05) is 0 Å². The largest absolute Gasteiger partial charge is 0.462 e. The Balaban J connectivity index is 1.34. The van der Waals surface area contributed by atoms with Crippen molar-refractivity contribution in [1.82, 2.24) is 0 Å². The van der Waals surface area contributed by atoms with Crippen LogP contribution in [0.15, 0.2) is 24.3 Å². The fourth-order valence-electron chi connectivity index (χ4n) is 4.53. The number of carbonyl (C=O) groups excluding carboxylic acids is 3. The number of fused-ring (bicyclic) bond motifs is 1. The third-order valence-electron chi connectivity index (χ3n) is 5.57. The monoisotopic (exact) mass is 383 g/mol. The van der Waals surface area contributed by atoms with Crippen molar-refractivity contribution in [1.29, 1.82) is 0 Å². The van der Waals surface area contributed by atoms with E-state index in [4.69, 9.17) is 9.47 Å². The number of ether oxygens (including phenoxy) is 2. The highest BCUT2D eigenvalue weighted by Crippen LogP contribution is 2.57. The normalized spacial score (nSPS) is 30.9. The molecule has 1 amide bonds. The van der Waals surface area contributed by atoms with Gasteiger partial charge >= 0.3 is 18.1 Å². The minimum absolute atomic E-state index is 0.00970. The van der Waals surface area contributed by atoms with Gasteiger partial charge in [0.2, 0.25) is 0 Å². The summed E-state index contributed by atoms with van der Waals surface area (Å²) < 4.78 is 48.3. The van der Waals surface area contributed by atoms with Crippen molar-refractivity contribution < 1.29 is 37.0 Å². The Kier molecular flexibility index (Phi) is 4.12. The van der Waals surface area contributed by atoms with Crippen LogP contribution in [-0.2, 0) is 30.0 Å². The van der Waals surface area contributed by atoms with Gasteiger partial charge in [0.05, 0.1) is 17.4 Å². The molecular formula is C18H16F3NO5. The maximum absolute atomic E-state index is 12.7. The zero-order valence-electron chi connectivity index (χ0n) is 14.0. The topological polar surface area (TPSA) is 81.7 Å². The SMILES string of the molecule is O=C(COC(=O)[C@@H]1[C@@H]2C[C@@H]3[C@H]1C(=O)O[C@@H]3C2)Nc1cccc(C(F)(F)F)c1. The first-order valence-corrected chi connectivity index (χ1v) is 8.58. The molecule has 0 spiro atoms. The van der Waals surface area contributed by atoms with Crippen molar-refractivity contribution in [3.63, 3.8) is 0 Å². The van der Waals surface area contributed by atoms with Gasteiger partial charge < -0.3 is 14.8 Å². The van der Waals surface area contributed by atoms with E-state index >= 15 is 0 Å². The summed E-state index contributed by atoms with van der Waals surface area (Å²) in [5.41, 5.74) is -0.943. The van der Waals surface area contributed by atoms with Crippen LogP contribution in [0.4, 0.5) is 18.9 Å². The number of alkyl halides is 3. The van der Waals surface area contributed by atoms with Crippen LogP contribution in [0.25, 0.3) is 0 Å². The van der Waals surface area contributed by atoms with Gasteiger partial charge in [-0.1, -0.05) is 6.07 Å². The second-order valence-electron chi connectivity index (χ2n) is 7.16. The molecule has 1 aromatic carbocycles. The molecule has 3 fully saturated rings. The van der Waals surface area contributed by atoms with E-state index in [1.54, 1.807) is 0 Å². The zero-order chi connectivity index (χ0) is 19.3. The van der Waals surface area contributed by atoms with Crippen LogP contribution in [0.3, 0.4) is 0 Å². The number of benzene rings is 1. The predicted molar refractivity (Wildman–Crippen MR) is 84.1 cm³/mol. The summed E-state index contributed by atoms with van der Waals surface area (Å²) in [7, 11) is 0. The molecule has 2 bridgehead atoms. The zero-order valence-corrected chi connectivity index (χ0v) is 14.0. The smallest absolute Gasteiger partial charge is 0.416 e. The lowest BCUT2D eigenvalue weighted by Crippen LogP contribution is -2.34. The summed E-state index contributed by atoms with van der Waals surface area (Å²) in [5, 5.41) is 2.27. The van der Waals surface area contributed by atoms with Crippen molar-refractivity contribution in [3.8, 4) is 0 Å². The third-order valence-corrected chi connectivity index (χ3v) is 5.57. The summed E-state index contributed by atoms with van der Waals surface area (Å²) in [4.78, 5) is 36.2. The van der Waals surface area contributed by atoms with Crippen LogP contribution >= 0.6 is 0 Å². The van der Waals surface area contributed by atoms with Gasteiger partial charge in [0.15, 0.2) is 6.61 Å². The van der Waals surface area contributed by atoms with E-state index in [9.17, 15) is 27.6 Å². The number of amides is 1. The molecule has 1 aliphatic heterocycles. The van der Waals surface area contributed by atoms with Crippen molar-refractivity contribution in [2.24, 2.45) is 23.7 Å². The van der Waals surface area contributed by atoms with E-state index < -0.39 is 42.1 Å². The van der Waals surface area contributed by atoms with Crippen LogP contribution in [0.1, 0.15) is 18.4 Å². The van der Waals surface area contributed by atoms with Crippen LogP contribution in [-0.4, -0.2) is 30.6 Å². The fourth-order valence-corrected chi connectivity index (χ4v) is 4.53. The van der Waals surface area contributed by atoms with E-state index in [1.165, 1.54) is 12.1 Å². The van der Waals surface area contributed by atoms with Gasteiger partial charge in [-0.15, -0.1) is 0 Å². The Morgan fingerprint density at radius 1 is 1.26 bits per heavy atom. The molecule has 2 aliphatic carbocycles. The number of hydrogen-bond acceptors (Lipinski definition) is 5. The Labute approximate surface area is 152 Å². The quantitative estimate of drug-likeness (QED) is 0.808. The molecule has 144 valence electrons. The number of rotatable bonds is 4. The van der Waals surface area contributed by atoms with Gasteiger partial charge in [-0.25, -0.2) is 0 Å². The number of anilines is 1. The minimum Gasteiger partial charge on any atom is -0.462 e. The molecule has 0 aromatic heterocycles. The van der Waals surface area contributed by atoms with E-state index in [0.717, 1.165) is 18.6 Å². The standard InChI is InChI=1S/C18H16F3NO5/c19-18(20,21)9-2-1-3-10(6-9)22-13(23)7-26-16(24)14-8-4-11-12(5-8)27-17(25)15(11)14/h1-3,6,8,11-12,14-15H,4-5,7H2,(H,22,23)/t8-,11+,12-,14-,15-/m1/s1. The molecule has 0 unspecified atom stereocenters. The van der Waals surface area contributed by atoms with Gasteiger partial charge in [0.25, 0.3) is 5.91 Å². The van der Waals surface area contributed by atoms with Gasteiger partial charge in [0.1, 0.15) is 6.10 Å². The van der Waals surface area contributed by atoms with Crippen LogP contribution < -0.4 is 5.32 Å². The Bertz CT molecular complexity index is 806. The molecule has 1 heterocycles. The second-order valence-corrected chi connectivity index (χ2v) is 7.16. The summed E-state index contributed by atoms with van der Waals surface area (Å²) >= 11 is 0. The molecule has 4 rings (SSSR count). The Hall–Kier alpha value is -2.58. The van der Waals surface area contributed by atoms with Crippen molar-refractivity contribution >= 4 is 23.5 Å². The molecule has 1 saturated heterocycles. The summed E-state index contributed by atoms with van der Waals surface area (Å²) in [6, 6.07) is 4.16. The molecule has 1 N–H and O–H groups in total. The molecule has 0 radical (unpaired) electrons. The summed E-state index contributed by atoms with van der Waals surface area (Å²) in [5.74, 6) is -2.84. The van der Waals surface area contributed by atoms with Crippen LogP contribution in [0, 0.1) is 23.7 Å². The number of halogens is 3. The fraction of sp³-hybridized carbons (Fsp3) is 0.500. The van der Waals surface area contributed by atoms with Crippen molar-refractivity contribution in [2.45, 2.75) is 25.1 Å². The first-order chi connectivity index (χ1) is 12.7. The van der Waals surface area contributed by atoms with Gasteiger partial charge in [-0.05, 0) is 37.0 Å². The van der Waals surface area contributed by atoms with E-state index in [-0.39, 0.29) is 29.6 Å². The van der Waals surface area contributed by atoms with E-state index in [2.05, 4.69) is 5.32 Å². The molecule has 1 aromatic rings. The highest BCUT2D eigenvalue weighted by atomic mass is 19.4. The summed E-state index contributed by atoms with van der Waals surface area (Å²) in [6.07, 6.45) is -3.27. The lowest BCUT2D eigenvalue weighted by atomic mass is 9.80. The molecule has 5 atom stereocenters. The molecule has 3 aliphatic rings. The van der Waals surface area contributed by atoms with Gasteiger partial charge in [-0.3, -0.25) is 14.4 Å².